The number of aromatic nitrogens is 1. The third-order valence-corrected chi connectivity index (χ3v) is 2.99. The molecule has 0 saturated heterocycles. The molecule has 92 valence electrons. The van der Waals surface area contributed by atoms with E-state index < -0.39 is 10.8 Å². The normalized spacial score (nSPS) is 10.2. The summed E-state index contributed by atoms with van der Waals surface area (Å²) in [5.41, 5.74) is 11.8. The fourth-order valence-electron chi connectivity index (χ4n) is 1.48. The molecule has 2 aromatic rings. The Kier molecular flexibility index (Phi) is 2.94. The highest BCUT2D eigenvalue weighted by Gasteiger charge is 2.18. The molecule has 0 aliphatic carbocycles. The van der Waals surface area contributed by atoms with E-state index in [-0.39, 0.29) is 16.3 Å². The molecule has 0 bridgehead atoms. The fourth-order valence-corrected chi connectivity index (χ4v) is 2.15. The number of nitro benzene ring substituents is 1. The summed E-state index contributed by atoms with van der Waals surface area (Å²) in [6, 6.07) is 5.66. The molecule has 0 spiro atoms. The number of amides is 1. The minimum atomic E-state index is -0.672. The molecule has 4 N–H and O–H groups in total. The zero-order chi connectivity index (χ0) is 13.3. The third-order valence-electron chi connectivity index (χ3n) is 2.32. The summed E-state index contributed by atoms with van der Waals surface area (Å²) in [5, 5.41) is 10.8. The van der Waals surface area contributed by atoms with Gasteiger partial charge in [-0.2, -0.15) is 4.37 Å². The van der Waals surface area contributed by atoms with Crippen molar-refractivity contribution in [3.05, 3.63) is 39.9 Å². The molecule has 1 aromatic carbocycles. The summed E-state index contributed by atoms with van der Waals surface area (Å²) in [6.07, 6.45) is 0. The van der Waals surface area contributed by atoms with Crippen molar-refractivity contribution in [1.29, 1.82) is 0 Å². The number of anilines is 1. The number of nitrogens with zero attached hydrogens (tertiary/aromatic N) is 2. The molecule has 0 aliphatic rings. The zero-order valence-corrected chi connectivity index (χ0v) is 9.81. The van der Waals surface area contributed by atoms with E-state index in [1.807, 2.05) is 0 Å². The van der Waals surface area contributed by atoms with Gasteiger partial charge in [-0.3, -0.25) is 14.9 Å². The highest BCUT2D eigenvalue weighted by molar-refractivity contribution is 7.10. The number of carbonyl (C=O) groups excluding carboxylic acids is 1. The van der Waals surface area contributed by atoms with E-state index >= 15 is 0 Å². The number of nitrogen functional groups attached to an aromatic ring is 1. The van der Waals surface area contributed by atoms with E-state index in [1.165, 1.54) is 24.3 Å². The molecule has 0 saturated carbocycles. The molecule has 18 heavy (non-hydrogen) atoms. The van der Waals surface area contributed by atoms with Crippen molar-refractivity contribution in [3.63, 3.8) is 0 Å². The van der Waals surface area contributed by atoms with Crippen LogP contribution >= 0.6 is 11.5 Å². The van der Waals surface area contributed by atoms with Crippen LogP contribution < -0.4 is 11.5 Å². The molecule has 1 amide bonds. The summed E-state index contributed by atoms with van der Waals surface area (Å²) in [6.45, 7) is 0. The van der Waals surface area contributed by atoms with Crippen molar-refractivity contribution in [2.24, 2.45) is 5.73 Å². The summed E-state index contributed by atoms with van der Waals surface area (Å²) >= 11 is 0.958. The number of nitrogens with two attached hydrogens (primary N) is 2. The number of non-ortho nitro benzene ring substituents is 1. The lowest BCUT2D eigenvalue weighted by molar-refractivity contribution is -0.384. The van der Waals surface area contributed by atoms with Gasteiger partial charge in [-0.15, -0.1) is 0 Å². The minimum absolute atomic E-state index is 0.0393. The van der Waals surface area contributed by atoms with Crippen LogP contribution in [-0.4, -0.2) is 15.2 Å². The van der Waals surface area contributed by atoms with Gasteiger partial charge in [-0.1, -0.05) is 0 Å². The van der Waals surface area contributed by atoms with E-state index in [0.717, 1.165) is 11.5 Å². The summed E-state index contributed by atoms with van der Waals surface area (Å²) in [7, 11) is 0. The molecule has 7 nitrogen and oxygen atoms in total. The Bertz CT molecular complexity index is 621. The van der Waals surface area contributed by atoms with Crippen molar-refractivity contribution in [2.45, 2.75) is 0 Å². The first-order valence-electron chi connectivity index (χ1n) is 4.80. The second-order valence-electron chi connectivity index (χ2n) is 3.44. The number of nitro groups is 1. The molecule has 2 rings (SSSR count). The molecule has 1 heterocycles. The smallest absolute Gasteiger partial charge is 0.269 e. The average Bonchev–Trinajstić information content (AvgIpc) is 2.71. The zero-order valence-electron chi connectivity index (χ0n) is 8.99. The van der Waals surface area contributed by atoms with Gasteiger partial charge in [0.2, 0.25) is 0 Å². The number of hydrogen-bond donors (Lipinski definition) is 2. The van der Waals surface area contributed by atoms with Crippen LogP contribution in [0, 0.1) is 10.1 Å². The molecular weight excluding hydrogens is 256 g/mol. The summed E-state index contributed by atoms with van der Waals surface area (Å²) in [4.78, 5) is 21.3. The predicted octanol–water partition coefficient (Wildman–Crippen LogP) is 1.40. The first kappa shape index (κ1) is 12.0. The predicted molar refractivity (Wildman–Crippen MR) is 67.1 cm³/mol. The number of benzene rings is 1. The maximum atomic E-state index is 11.3. The largest absolute Gasteiger partial charge is 0.389 e. The second kappa shape index (κ2) is 4.41. The van der Waals surface area contributed by atoms with Gasteiger partial charge in [0, 0.05) is 17.7 Å². The topological polar surface area (TPSA) is 125 Å². The SMILES string of the molecule is NC(=O)c1c(-c2ccc([N+](=O)[O-])cc2)nsc1N. The standard InChI is InChI=1S/C10H8N4O3S/c11-9(15)7-8(13-18-10(7)12)5-1-3-6(4-2-5)14(16)17/h1-4H,12H2,(H2,11,15). The molecule has 0 atom stereocenters. The second-order valence-corrected chi connectivity index (χ2v) is 4.24. The van der Waals surface area contributed by atoms with E-state index in [0.29, 0.717) is 11.3 Å². The van der Waals surface area contributed by atoms with Crippen LogP contribution in [0.15, 0.2) is 24.3 Å². The first-order valence-corrected chi connectivity index (χ1v) is 5.58. The number of rotatable bonds is 3. The molecule has 0 fully saturated rings. The highest BCUT2D eigenvalue weighted by Crippen LogP contribution is 2.30. The molecule has 8 heteroatoms. The van der Waals surface area contributed by atoms with Gasteiger partial charge in [-0.05, 0) is 23.7 Å². The number of carbonyl (C=O) groups is 1. The van der Waals surface area contributed by atoms with E-state index in [9.17, 15) is 14.9 Å². The van der Waals surface area contributed by atoms with E-state index in [1.54, 1.807) is 0 Å². The maximum Gasteiger partial charge on any atom is 0.269 e. The maximum absolute atomic E-state index is 11.3. The molecule has 0 aliphatic heterocycles. The lowest BCUT2D eigenvalue weighted by atomic mass is 10.1. The first-order chi connectivity index (χ1) is 8.50. The Hall–Kier alpha value is -2.48. The lowest BCUT2D eigenvalue weighted by Crippen LogP contribution is -2.13. The van der Waals surface area contributed by atoms with Crippen LogP contribution in [-0.2, 0) is 0 Å². The Morgan fingerprint density at radius 3 is 2.44 bits per heavy atom. The average molecular weight is 264 g/mol. The van der Waals surface area contributed by atoms with Crippen LogP contribution in [0.5, 0.6) is 0 Å². The minimum Gasteiger partial charge on any atom is -0.389 e. The Balaban J connectivity index is 2.49. The van der Waals surface area contributed by atoms with Gasteiger partial charge in [0.15, 0.2) is 0 Å². The van der Waals surface area contributed by atoms with Crippen molar-refractivity contribution >= 4 is 28.1 Å². The van der Waals surface area contributed by atoms with Crippen molar-refractivity contribution in [3.8, 4) is 11.3 Å². The van der Waals surface area contributed by atoms with Gasteiger partial charge in [0.1, 0.15) is 10.6 Å². The van der Waals surface area contributed by atoms with Crippen LogP contribution in [0.25, 0.3) is 11.3 Å². The van der Waals surface area contributed by atoms with Gasteiger partial charge in [0.05, 0.1) is 10.6 Å². The van der Waals surface area contributed by atoms with Crippen LogP contribution in [0.2, 0.25) is 0 Å². The van der Waals surface area contributed by atoms with Gasteiger partial charge < -0.3 is 11.5 Å². The summed E-state index contributed by atoms with van der Waals surface area (Å²) in [5.74, 6) is -0.672. The third kappa shape index (κ3) is 2.00. The van der Waals surface area contributed by atoms with Crippen LogP contribution in [0.3, 0.4) is 0 Å². The van der Waals surface area contributed by atoms with Gasteiger partial charge in [0.25, 0.3) is 11.6 Å². The van der Waals surface area contributed by atoms with Gasteiger partial charge in [-0.25, -0.2) is 0 Å². The van der Waals surface area contributed by atoms with E-state index in [4.69, 9.17) is 11.5 Å². The Morgan fingerprint density at radius 1 is 1.33 bits per heavy atom. The van der Waals surface area contributed by atoms with Crippen molar-refractivity contribution in [1.82, 2.24) is 4.37 Å². The number of hydrogen-bond acceptors (Lipinski definition) is 6. The Labute approximate surface area is 105 Å². The van der Waals surface area contributed by atoms with Crippen molar-refractivity contribution in [2.75, 3.05) is 5.73 Å². The molecule has 0 radical (unpaired) electrons. The fraction of sp³-hybridized carbons (Fsp3) is 0. The van der Waals surface area contributed by atoms with Gasteiger partial charge >= 0.3 is 0 Å². The van der Waals surface area contributed by atoms with Crippen LogP contribution in [0.4, 0.5) is 10.7 Å². The summed E-state index contributed by atoms with van der Waals surface area (Å²) < 4.78 is 4.03. The molecule has 0 unspecified atom stereocenters. The quantitative estimate of drug-likeness (QED) is 0.640. The molecular formula is C10H8N4O3S. The monoisotopic (exact) mass is 264 g/mol. The van der Waals surface area contributed by atoms with E-state index in [2.05, 4.69) is 4.37 Å². The number of primary amides is 1. The van der Waals surface area contributed by atoms with Crippen molar-refractivity contribution < 1.29 is 9.72 Å². The highest BCUT2D eigenvalue weighted by atomic mass is 32.1. The lowest BCUT2D eigenvalue weighted by Gasteiger charge is -2.00. The van der Waals surface area contributed by atoms with Crippen LogP contribution in [0.1, 0.15) is 10.4 Å². The molecule has 1 aromatic heterocycles. The Morgan fingerprint density at radius 2 is 1.94 bits per heavy atom.